The summed E-state index contributed by atoms with van der Waals surface area (Å²) in [5, 5.41) is 8.53. The van der Waals surface area contributed by atoms with Gasteiger partial charge < -0.3 is 18.8 Å². The van der Waals surface area contributed by atoms with Crippen LogP contribution in [-0.2, 0) is 4.79 Å². The fourth-order valence-corrected chi connectivity index (χ4v) is 3.76. The van der Waals surface area contributed by atoms with Crippen LogP contribution in [0.1, 0.15) is 25.7 Å². The average Bonchev–Trinajstić information content (AvgIpc) is 2.99. The fourth-order valence-electron chi connectivity index (χ4n) is 3.10. The SMILES string of the molecule is O=C(CSc1nnc(-c2ccc3c(c2)OCCO3)o1)N1CCCCCC1. The molecule has 138 valence electrons. The Labute approximate surface area is 156 Å². The maximum atomic E-state index is 12.3. The summed E-state index contributed by atoms with van der Waals surface area (Å²) < 4.78 is 16.8. The van der Waals surface area contributed by atoms with Crippen LogP contribution >= 0.6 is 11.8 Å². The van der Waals surface area contributed by atoms with Gasteiger partial charge in [0.2, 0.25) is 11.8 Å². The van der Waals surface area contributed by atoms with Gasteiger partial charge in [0.1, 0.15) is 13.2 Å². The molecule has 1 saturated heterocycles. The van der Waals surface area contributed by atoms with E-state index in [4.69, 9.17) is 13.9 Å². The van der Waals surface area contributed by atoms with E-state index in [0.29, 0.717) is 35.8 Å². The summed E-state index contributed by atoms with van der Waals surface area (Å²) in [6.07, 6.45) is 4.59. The van der Waals surface area contributed by atoms with Crippen molar-refractivity contribution in [2.75, 3.05) is 32.1 Å². The molecule has 1 aromatic heterocycles. The predicted molar refractivity (Wildman–Crippen MR) is 96.5 cm³/mol. The molecule has 1 aromatic carbocycles. The van der Waals surface area contributed by atoms with Gasteiger partial charge in [-0.25, -0.2) is 0 Å². The van der Waals surface area contributed by atoms with Crippen LogP contribution in [0.4, 0.5) is 0 Å². The number of thioether (sulfide) groups is 1. The van der Waals surface area contributed by atoms with E-state index in [1.807, 2.05) is 23.1 Å². The van der Waals surface area contributed by atoms with Crippen LogP contribution in [0.2, 0.25) is 0 Å². The minimum Gasteiger partial charge on any atom is -0.486 e. The number of carbonyl (C=O) groups excluding carboxylic acids is 1. The Kier molecular flexibility index (Phi) is 5.29. The van der Waals surface area contributed by atoms with Gasteiger partial charge in [0.05, 0.1) is 5.75 Å². The number of nitrogens with zero attached hydrogens (tertiary/aromatic N) is 3. The molecule has 0 unspecified atom stereocenters. The third-order valence-corrected chi connectivity index (χ3v) is 5.28. The van der Waals surface area contributed by atoms with Crippen LogP contribution in [0.3, 0.4) is 0 Å². The summed E-state index contributed by atoms with van der Waals surface area (Å²) in [4.78, 5) is 14.3. The number of benzene rings is 1. The molecule has 0 saturated carbocycles. The predicted octanol–water partition coefficient (Wildman–Crippen LogP) is 3.00. The van der Waals surface area contributed by atoms with E-state index >= 15 is 0 Å². The van der Waals surface area contributed by atoms with Crippen LogP contribution in [-0.4, -0.2) is 53.1 Å². The van der Waals surface area contributed by atoms with Crippen molar-refractivity contribution in [1.29, 1.82) is 0 Å². The van der Waals surface area contributed by atoms with Gasteiger partial charge in [0.25, 0.3) is 5.22 Å². The van der Waals surface area contributed by atoms with E-state index in [2.05, 4.69) is 10.2 Å². The summed E-state index contributed by atoms with van der Waals surface area (Å²) in [6.45, 7) is 2.79. The number of rotatable bonds is 4. The van der Waals surface area contributed by atoms with Gasteiger partial charge in [-0.1, -0.05) is 24.6 Å². The van der Waals surface area contributed by atoms with Crippen molar-refractivity contribution in [3.8, 4) is 23.0 Å². The number of fused-ring (bicyclic) bond motifs is 1. The zero-order valence-corrected chi connectivity index (χ0v) is 15.3. The van der Waals surface area contributed by atoms with Gasteiger partial charge in [0, 0.05) is 18.7 Å². The van der Waals surface area contributed by atoms with Gasteiger partial charge >= 0.3 is 0 Å². The van der Waals surface area contributed by atoms with E-state index in [9.17, 15) is 4.79 Å². The normalized spacial score (nSPS) is 17.0. The highest BCUT2D eigenvalue weighted by Gasteiger charge is 2.19. The molecule has 4 rings (SSSR count). The lowest BCUT2D eigenvalue weighted by Crippen LogP contribution is -2.33. The van der Waals surface area contributed by atoms with Crippen molar-refractivity contribution in [3.05, 3.63) is 18.2 Å². The third kappa shape index (κ3) is 3.95. The zero-order chi connectivity index (χ0) is 17.8. The second-order valence-electron chi connectivity index (χ2n) is 6.32. The second kappa shape index (κ2) is 7.99. The molecule has 3 heterocycles. The van der Waals surface area contributed by atoms with Crippen molar-refractivity contribution < 1.29 is 18.7 Å². The maximum Gasteiger partial charge on any atom is 0.277 e. The van der Waals surface area contributed by atoms with Gasteiger partial charge in [-0.15, -0.1) is 10.2 Å². The van der Waals surface area contributed by atoms with E-state index in [-0.39, 0.29) is 5.91 Å². The number of hydrogen-bond donors (Lipinski definition) is 0. The lowest BCUT2D eigenvalue weighted by molar-refractivity contribution is -0.128. The number of carbonyl (C=O) groups is 1. The molecule has 2 aromatic rings. The zero-order valence-electron chi connectivity index (χ0n) is 14.5. The summed E-state index contributed by atoms with van der Waals surface area (Å²) in [7, 11) is 0. The van der Waals surface area contributed by atoms with Gasteiger partial charge in [-0.05, 0) is 31.0 Å². The van der Waals surface area contributed by atoms with Gasteiger partial charge in [0.15, 0.2) is 11.5 Å². The highest BCUT2D eigenvalue weighted by Crippen LogP contribution is 2.34. The first-order valence-electron chi connectivity index (χ1n) is 8.94. The number of amides is 1. The highest BCUT2D eigenvalue weighted by molar-refractivity contribution is 7.99. The molecule has 8 heteroatoms. The number of aromatic nitrogens is 2. The molecular weight excluding hydrogens is 354 g/mol. The minimum absolute atomic E-state index is 0.135. The molecular formula is C18H21N3O4S. The Bertz CT molecular complexity index is 772. The van der Waals surface area contributed by atoms with E-state index < -0.39 is 0 Å². The largest absolute Gasteiger partial charge is 0.486 e. The molecule has 7 nitrogen and oxygen atoms in total. The molecule has 0 atom stereocenters. The number of likely N-dealkylation sites (tertiary alicyclic amines) is 1. The molecule has 2 aliphatic rings. The quantitative estimate of drug-likeness (QED) is 0.760. The van der Waals surface area contributed by atoms with Crippen LogP contribution in [0.15, 0.2) is 27.8 Å². The summed E-state index contributed by atoms with van der Waals surface area (Å²) >= 11 is 1.29. The van der Waals surface area contributed by atoms with Gasteiger partial charge in [-0.2, -0.15) is 0 Å². The molecule has 0 aliphatic carbocycles. The first-order chi connectivity index (χ1) is 12.8. The molecule has 0 radical (unpaired) electrons. The number of ether oxygens (including phenoxy) is 2. The second-order valence-corrected chi connectivity index (χ2v) is 7.24. The van der Waals surface area contributed by atoms with Crippen molar-refractivity contribution >= 4 is 17.7 Å². The van der Waals surface area contributed by atoms with Crippen molar-refractivity contribution in [2.24, 2.45) is 0 Å². The van der Waals surface area contributed by atoms with Crippen LogP contribution in [0.5, 0.6) is 11.5 Å². The summed E-state index contributed by atoms with van der Waals surface area (Å²) in [5.74, 6) is 2.26. The van der Waals surface area contributed by atoms with Crippen LogP contribution < -0.4 is 9.47 Å². The lowest BCUT2D eigenvalue weighted by Gasteiger charge is -2.19. The van der Waals surface area contributed by atoms with Crippen molar-refractivity contribution in [2.45, 2.75) is 30.9 Å². The Balaban J connectivity index is 1.38. The van der Waals surface area contributed by atoms with E-state index in [1.165, 1.54) is 24.6 Å². The monoisotopic (exact) mass is 375 g/mol. The Morgan fingerprint density at radius 1 is 1.04 bits per heavy atom. The smallest absolute Gasteiger partial charge is 0.277 e. The van der Waals surface area contributed by atoms with E-state index in [1.54, 1.807) is 0 Å². The topological polar surface area (TPSA) is 77.7 Å². The van der Waals surface area contributed by atoms with Crippen molar-refractivity contribution in [1.82, 2.24) is 15.1 Å². The van der Waals surface area contributed by atoms with Crippen molar-refractivity contribution in [3.63, 3.8) is 0 Å². The standard InChI is InChI=1S/C18H21N3O4S/c22-16(21-7-3-1-2-4-8-21)12-26-18-20-19-17(25-18)13-5-6-14-15(11-13)24-10-9-23-14/h5-6,11H,1-4,7-10,12H2. The highest BCUT2D eigenvalue weighted by atomic mass is 32.2. The van der Waals surface area contributed by atoms with Gasteiger partial charge in [-0.3, -0.25) is 4.79 Å². The van der Waals surface area contributed by atoms with Crippen LogP contribution in [0.25, 0.3) is 11.5 Å². The Morgan fingerprint density at radius 2 is 1.81 bits per heavy atom. The molecule has 1 amide bonds. The number of hydrogen-bond acceptors (Lipinski definition) is 7. The molecule has 1 fully saturated rings. The Hall–Kier alpha value is -2.22. The molecule has 0 bridgehead atoms. The van der Waals surface area contributed by atoms with Crippen LogP contribution in [0, 0.1) is 0 Å². The molecule has 2 aliphatic heterocycles. The molecule has 0 N–H and O–H groups in total. The third-order valence-electron chi connectivity index (χ3n) is 4.47. The molecule has 0 spiro atoms. The minimum atomic E-state index is 0.135. The molecule has 26 heavy (non-hydrogen) atoms. The van der Waals surface area contributed by atoms with E-state index in [0.717, 1.165) is 37.2 Å². The first kappa shape index (κ1) is 17.2. The summed E-state index contributed by atoms with van der Waals surface area (Å²) in [5.41, 5.74) is 0.771. The summed E-state index contributed by atoms with van der Waals surface area (Å²) in [6, 6.07) is 5.53. The maximum absolute atomic E-state index is 12.3. The lowest BCUT2D eigenvalue weighted by atomic mass is 10.2. The average molecular weight is 375 g/mol. The Morgan fingerprint density at radius 3 is 2.62 bits per heavy atom. The first-order valence-corrected chi connectivity index (χ1v) is 9.92. The fraction of sp³-hybridized carbons (Fsp3) is 0.500.